The summed E-state index contributed by atoms with van der Waals surface area (Å²) in [4.78, 5) is 52.5. The van der Waals surface area contributed by atoms with Crippen molar-refractivity contribution in [3.05, 3.63) is 20.8 Å². The van der Waals surface area contributed by atoms with Gasteiger partial charge in [0.25, 0.3) is 11.5 Å². The van der Waals surface area contributed by atoms with Crippen molar-refractivity contribution >= 4 is 23.4 Å². The molecule has 0 aromatic carbocycles. The van der Waals surface area contributed by atoms with E-state index in [0.29, 0.717) is 32.4 Å². The number of carbonyl (C=O) groups is 2. The number of carbonyl (C=O) groups excluding carboxylic acids is 2. The molecule has 0 spiro atoms. The lowest BCUT2D eigenvalue weighted by molar-refractivity contribution is -0.157. The smallest absolute Gasteiger partial charge is 0.335 e. The number of unbranched alkanes of at least 4 members (excludes halogenated alkanes) is 1. The highest BCUT2D eigenvalue weighted by Gasteiger charge is 2.28. The first kappa shape index (κ1) is 21.7. The number of esters is 1. The van der Waals surface area contributed by atoms with Gasteiger partial charge < -0.3 is 20.1 Å². The molecule has 0 bridgehead atoms. The summed E-state index contributed by atoms with van der Waals surface area (Å²) in [6, 6.07) is 0. The minimum absolute atomic E-state index is 0.0782. The highest BCUT2D eigenvalue weighted by molar-refractivity contribution is 5.97. The zero-order chi connectivity index (χ0) is 20.7. The summed E-state index contributed by atoms with van der Waals surface area (Å²) in [6.45, 7) is 4.27. The molecule has 2 heterocycles. The quantitative estimate of drug-likeness (QED) is 0.576. The number of nitrogens with zero attached hydrogens (tertiary/aromatic N) is 2. The fourth-order valence-corrected chi connectivity index (χ4v) is 3.03. The zero-order valence-corrected chi connectivity index (χ0v) is 16.4. The van der Waals surface area contributed by atoms with E-state index in [2.05, 4.69) is 4.98 Å². The molecule has 0 unspecified atom stereocenters. The summed E-state index contributed by atoms with van der Waals surface area (Å²) >= 11 is 0. The van der Waals surface area contributed by atoms with Crippen LogP contribution in [0.3, 0.4) is 0 Å². The summed E-state index contributed by atoms with van der Waals surface area (Å²) in [5, 5.41) is 0. The Kier molecular flexibility index (Phi) is 7.80. The molecule has 2 rings (SSSR count). The number of amides is 1. The molecule has 0 radical (unpaired) electrons. The van der Waals surface area contributed by atoms with Gasteiger partial charge in [0.05, 0.1) is 0 Å². The molecule has 28 heavy (non-hydrogen) atoms. The topological polar surface area (TPSA) is 137 Å². The van der Waals surface area contributed by atoms with Gasteiger partial charge in [-0.2, -0.15) is 0 Å². The molecule has 1 amide bonds. The van der Waals surface area contributed by atoms with Gasteiger partial charge in [-0.1, -0.05) is 20.3 Å². The number of hydrogen-bond donors (Lipinski definition) is 2. The van der Waals surface area contributed by atoms with Crippen LogP contribution in [0.15, 0.2) is 9.59 Å². The number of nitrogens with two attached hydrogens (primary N) is 1. The van der Waals surface area contributed by atoms with Crippen LogP contribution in [0.1, 0.15) is 46.0 Å². The standard InChI is InChI=1S/C18H28N4O6/c1-3-5-9-21(13(23)11-28-17(25)12-7-6-10-27-12)14-15(19)22(8-4-2)18(26)20-16(14)24/h12H,3-11,19H2,1-2H3,(H,20,24,26)/t12-/m1/s1. The number of nitrogen functional groups attached to an aromatic ring is 1. The second kappa shape index (κ2) is 10.1. The van der Waals surface area contributed by atoms with E-state index in [9.17, 15) is 19.2 Å². The van der Waals surface area contributed by atoms with Crippen molar-refractivity contribution in [2.24, 2.45) is 0 Å². The average Bonchev–Trinajstić information content (AvgIpc) is 3.20. The van der Waals surface area contributed by atoms with E-state index in [1.54, 1.807) is 0 Å². The summed E-state index contributed by atoms with van der Waals surface area (Å²) in [6.07, 6.45) is 2.67. The van der Waals surface area contributed by atoms with Crippen LogP contribution in [0.4, 0.5) is 11.5 Å². The molecule has 10 heteroatoms. The van der Waals surface area contributed by atoms with Gasteiger partial charge in [-0.25, -0.2) is 9.59 Å². The first-order valence-corrected chi connectivity index (χ1v) is 9.61. The molecule has 0 saturated carbocycles. The lowest BCUT2D eigenvalue weighted by Crippen LogP contribution is -2.43. The molecule has 1 aliphatic rings. The van der Waals surface area contributed by atoms with Crippen molar-refractivity contribution in [2.75, 3.05) is 30.4 Å². The van der Waals surface area contributed by atoms with Crippen LogP contribution in [-0.2, 0) is 25.6 Å². The van der Waals surface area contributed by atoms with E-state index in [1.165, 1.54) is 9.47 Å². The van der Waals surface area contributed by atoms with E-state index in [1.807, 2.05) is 13.8 Å². The third-order valence-electron chi connectivity index (χ3n) is 4.50. The largest absolute Gasteiger partial charge is 0.454 e. The second-order valence-corrected chi connectivity index (χ2v) is 6.65. The average molecular weight is 396 g/mol. The van der Waals surface area contributed by atoms with Gasteiger partial charge in [-0.15, -0.1) is 0 Å². The number of ether oxygens (including phenoxy) is 2. The maximum Gasteiger partial charge on any atom is 0.335 e. The lowest BCUT2D eigenvalue weighted by Gasteiger charge is -2.24. The number of nitrogens with one attached hydrogen (secondary N) is 1. The Morgan fingerprint density at radius 1 is 1.32 bits per heavy atom. The minimum atomic E-state index is -0.746. The summed E-state index contributed by atoms with van der Waals surface area (Å²) in [5.41, 5.74) is 4.59. The van der Waals surface area contributed by atoms with E-state index >= 15 is 0 Å². The van der Waals surface area contributed by atoms with Crippen LogP contribution in [0.5, 0.6) is 0 Å². The second-order valence-electron chi connectivity index (χ2n) is 6.65. The predicted octanol–water partition coefficient (Wildman–Crippen LogP) is 0.384. The first-order valence-electron chi connectivity index (χ1n) is 9.61. The number of H-pyrrole nitrogens is 1. The number of anilines is 2. The lowest BCUT2D eigenvalue weighted by atomic mass is 10.2. The van der Waals surface area contributed by atoms with Crippen LogP contribution in [0.25, 0.3) is 0 Å². The molecule has 10 nitrogen and oxygen atoms in total. The summed E-state index contributed by atoms with van der Waals surface area (Å²) < 4.78 is 11.5. The van der Waals surface area contributed by atoms with Crippen LogP contribution in [0.2, 0.25) is 0 Å². The van der Waals surface area contributed by atoms with Gasteiger partial charge in [0.2, 0.25) is 0 Å². The van der Waals surface area contributed by atoms with E-state index < -0.39 is 35.8 Å². The monoisotopic (exact) mass is 396 g/mol. The molecule has 1 fully saturated rings. The number of aromatic amines is 1. The zero-order valence-electron chi connectivity index (χ0n) is 16.4. The third-order valence-corrected chi connectivity index (χ3v) is 4.50. The fourth-order valence-electron chi connectivity index (χ4n) is 3.03. The molecule has 1 saturated heterocycles. The maximum absolute atomic E-state index is 12.7. The number of rotatable bonds is 9. The SMILES string of the molecule is CCCCN(C(=O)COC(=O)[C@H]1CCCO1)c1c(N)n(CCC)c(=O)[nH]c1=O. The van der Waals surface area contributed by atoms with E-state index in [0.717, 1.165) is 12.8 Å². The molecule has 1 aliphatic heterocycles. The summed E-state index contributed by atoms with van der Waals surface area (Å²) in [5.74, 6) is -1.26. The Balaban J connectivity index is 2.26. The van der Waals surface area contributed by atoms with Gasteiger partial charge in [0.1, 0.15) is 5.82 Å². The van der Waals surface area contributed by atoms with E-state index in [-0.39, 0.29) is 18.1 Å². The normalized spacial score (nSPS) is 16.1. The number of aromatic nitrogens is 2. The van der Waals surface area contributed by atoms with Crippen molar-refractivity contribution in [1.29, 1.82) is 0 Å². The van der Waals surface area contributed by atoms with Gasteiger partial charge in [0, 0.05) is 19.7 Å². The molecular formula is C18H28N4O6. The van der Waals surface area contributed by atoms with E-state index in [4.69, 9.17) is 15.2 Å². The Morgan fingerprint density at radius 3 is 2.68 bits per heavy atom. The Hall–Kier alpha value is -2.62. The van der Waals surface area contributed by atoms with Crippen molar-refractivity contribution in [3.63, 3.8) is 0 Å². The molecular weight excluding hydrogens is 368 g/mol. The highest BCUT2D eigenvalue weighted by atomic mass is 16.6. The molecule has 1 aromatic rings. The van der Waals surface area contributed by atoms with Crippen molar-refractivity contribution in [1.82, 2.24) is 9.55 Å². The van der Waals surface area contributed by atoms with Gasteiger partial charge in [-0.3, -0.25) is 19.1 Å². The van der Waals surface area contributed by atoms with Crippen molar-refractivity contribution in [3.8, 4) is 0 Å². The molecule has 1 atom stereocenters. The molecule has 3 N–H and O–H groups in total. The van der Waals surface area contributed by atoms with Crippen molar-refractivity contribution in [2.45, 2.75) is 58.6 Å². The van der Waals surface area contributed by atoms with Crippen LogP contribution in [0, 0.1) is 0 Å². The van der Waals surface area contributed by atoms with Crippen LogP contribution in [-0.4, -0.2) is 47.3 Å². The van der Waals surface area contributed by atoms with Crippen molar-refractivity contribution < 1.29 is 19.1 Å². The van der Waals surface area contributed by atoms with Gasteiger partial charge >= 0.3 is 11.7 Å². The minimum Gasteiger partial charge on any atom is -0.454 e. The maximum atomic E-state index is 12.7. The number of hydrogen-bond acceptors (Lipinski definition) is 7. The Labute approximate surface area is 162 Å². The Bertz CT molecular complexity index is 809. The third kappa shape index (κ3) is 5.00. The Morgan fingerprint density at radius 2 is 2.07 bits per heavy atom. The molecule has 156 valence electrons. The van der Waals surface area contributed by atoms with Crippen LogP contribution >= 0.6 is 0 Å². The van der Waals surface area contributed by atoms with Gasteiger partial charge in [-0.05, 0) is 25.7 Å². The highest BCUT2D eigenvalue weighted by Crippen LogP contribution is 2.19. The van der Waals surface area contributed by atoms with Gasteiger partial charge in [0.15, 0.2) is 18.4 Å². The predicted molar refractivity (Wildman–Crippen MR) is 103 cm³/mol. The van der Waals surface area contributed by atoms with Crippen LogP contribution < -0.4 is 21.9 Å². The molecule has 1 aromatic heterocycles. The fraction of sp³-hybridized carbons (Fsp3) is 0.667. The summed E-state index contributed by atoms with van der Waals surface area (Å²) in [7, 11) is 0. The molecule has 0 aliphatic carbocycles. The first-order chi connectivity index (χ1) is 13.4.